The first-order valence-electron chi connectivity index (χ1n) is 7.78. The average molecular weight is 355 g/mol. The Morgan fingerprint density at radius 2 is 2.21 bits per heavy atom. The molecule has 2 aliphatic heterocycles. The van der Waals surface area contributed by atoms with Gasteiger partial charge in [0.15, 0.2) is 6.61 Å². The molecule has 0 radical (unpaired) electrons. The summed E-state index contributed by atoms with van der Waals surface area (Å²) in [6, 6.07) is 3.04. The third-order valence-electron chi connectivity index (χ3n) is 4.31. The Hall–Kier alpha value is -1.84. The number of benzene rings is 1. The number of nitrogens with one attached hydrogen (secondary N) is 2. The molecule has 3 rings (SSSR count). The fraction of sp³-hybridized carbons (Fsp3) is 0.533. The van der Waals surface area contributed by atoms with Gasteiger partial charge in [-0.2, -0.15) is 4.31 Å². The number of carbonyl (C=O) groups is 1. The number of ether oxygens (including phenoxy) is 2. The number of piperidine rings is 1. The Morgan fingerprint density at radius 3 is 2.92 bits per heavy atom. The van der Waals surface area contributed by atoms with Crippen LogP contribution in [0.3, 0.4) is 0 Å². The Labute approximate surface area is 141 Å². The molecular weight excluding hydrogens is 334 g/mol. The lowest BCUT2D eigenvalue weighted by Gasteiger charge is -2.32. The van der Waals surface area contributed by atoms with Crippen molar-refractivity contribution in [2.75, 3.05) is 39.2 Å². The number of amides is 1. The molecule has 0 aliphatic carbocycles. The quantitative estimate of drug-likeness (QED) is 0.811. The van der Waals surface area contributed by atoms with Gasteiger partial charge in [0.1, 0.15) is 16.4 Å². The average Bonchev–Trinajstić information content (AvgIpc) is 2.60. The molecule has 24 heavy (non-hydrogen) atoms. The number of sulfonamides is 1. The van der Waals surface area contributed by atoms with E-state index in [1.807, 2.05) is 7.05 Å². The van der Waals surface area contributed by atoms with Crippen molar-refractivity contribution in [1.82, 2.24) is 9.62 Å². The molecule has 2 N–H and O–H groups in total. The van der Waals surface area contributed by atoms with Gasteiger partial charge in [0, 0.05) is 31.3 Å². The van der Waals surface area contributed by atoms with Crippen LogP contribution >= 0.6 is 0 Å². The summed E-state index contributed by atoms with van der Waals surface area (Å²) >= 11 is 0. The molecule has 1 aromatic carbocycles. The summed E-state index contributed by atoms with van der Waals surface area (Å²) in [5.74, 6) is 0.232. The van der Waals surface area contributed by atoms with Gasteiger partial charge in [-0.1, -0.05) is 0 Å². The molecule has 1 aromatic rings. The summed E-state index contributed by atoms with van der Waals surface area (Å²) in [6.45, 7) is 0.749. The second-order valence-electron chi connectivity index (χ2n) is 5.83. The minimum atomic E-state index is -3.72. The number of fused-ring (bicyclic) bond motifs is 1. The number of hydrogen-bond acceptors (Lipinski definition) is 6. The molecule has 0 spiro atoms. The Bertz CT molecular complexity index is 750. The standard InChI is InChI=1S/C15H21N3O5S/c1-16-10-4-3-5-18(8-10)24(20,21)14-7-12-11(6-13(14)22-2)17-15(19)9-23-12/h6-7,10,16H,3-5,8-9H2,1-2H3,(H,17,19). The van der Waals surface area contributed by atoms with E-state index in [1.165, 1.54) is 23.5 Å². The minimum absolute atomic E-state index is 0.0525. The first kappa shape index (κ1) is 17.0. The van der Waals surface area contributed by atoms with Crippen LogP contribution in [0.5, 0.6) is 11.5 Å². The lowest BCUT2D eigenvalue weighted by molar-refractivity contribution is -0.118. The second-order valence-corrected chi connectivity index (χ2v) is 7.73. The van der Waals surface area contributed by atoms with Crippen molar-refractivity contribution in [3.05, 3.63) is 12.1 Å². The molecule has 1 unspecified atom stereocenters. The van der Waals surface area contributed by atoms with E-state index in [-0.39, 0.29) is 29.2 Å². The predicted octanol–water partition coefficient (Wildman–Crippen LogP) is 0.399. The van der Waals surface area contributed by atoms with Crippen LogP contribution in [0.1, 0.15) is 12.8 Å². The van der Waals surface area contributed by atoms with Crippen molar-refractivity contribution in [1.29, 1.82) is 0 Å². The van der Waals surface area contributed by atoms with E-state index >= 15 is 0 Å². The Morgan fingerprint density at radius 1 is 1.42 bits per heavy atom. The molecule has 1 fully saturated rings. The van der Waals surface area contributed by atoms with Gasteiger partial charge in [-0.25, -0.2) is 8.42 Å². The van der Waals surface area contributed by atoms with Crippen LogP contribution in [0.15, 0.2) is 17.0 Å². The number of carbonyl (C=O) groups excluding carboxylic acids is 1. The first-order valence-corrected chi connectivity index (χ1v) is 9.22. The molecule has 1 saturated heterocycles. The number of nitrogens with zero attached hydrogens (tertiary/aromatic N) is 1. The maximum atomic E-state index is 13.1. The highest BCUT2D eigenvalue weighted by atomic mass is 32.2. The molecule has 2 aliphatic rings. The number of anilines is 1. The van der Waals surface area contributed by atoms with Crippen LogP contribution < -0.4 is 20.1 Å². The van der Waals surface area contributed by atoms with Gasteiger partial charge in [-0.3, -0.25) is 4.79 Å². The summed E-state index contributed by atoms with van der Waals surface area (Å²) in [6.07, 6.45) is 1.74. The second kappa shape index (κ2) is 6.58. The van der Waals surface area contributed by atoms with Crippen LogP contribution in [0.2, 0.25) is 0 Å². The summed E-state index contributed by atoms with van der Waals surface area (Å²) < 4.78 is 38.2. The van der Waals surface area contributed by atoms with Crippen LogP contribution in [0, 0.1) is 0 Å². The summed E-state index contributed by atoms with van der Waals surface area (Å²) in [4.78, 5) is 11.5. The summed E-state index contributed by atoms with van der Waals surface area (Å²) in [7, 11) is -0.487. The summed E-state index contributed by atoms with van der Waals surface area (Å²) in [5.41, 5.74) is 0.411. The molecule has 9 heteroatoms. The van der Waals surface area contributed by atoms with Gasteiger partial charge in [-0.15, -0.1) is 0 Å². The Kier molecular flexibility index (Phi) is 4.66. The van der Waals surface area contributed by atoms with E-state index in [9.17, 15) is 13.2 Å². The summed E-state index contributed by atoms with van der Waals surface area (Å²) in [5, 5.41) is 5.78. The van der Waals surface area contributed by atoms with Gasteiger partial charge in [0.05, 0.1) is 12.8 Å². The van der Waals surface area contributed by atoms with Crippen LogP contribution in [-0.4, -0.2) is 58.5 Å². The maximum absolute atomic E-state index is 13.1. The molecule has 132 valence electrons. The van der Waals surface area contributed by atoms with Crippen molar-refractivity contribution in [2.45, 2.75) is 23.8 Å². The van der Waals surface area contributed by atoms with E-state index in [4.69, 9.17) is 9.47 Å². The van der Waals surface area contributed by atoms with Crippen molar-refractivity contribution in [2.24, 2.45) is 0 Å². The van der Waals surface area contributed by atoms with Crippen LogP contribution in [0.25, 0.3) is 0 Å². The van der Waals surface area contributed by atoms with Crippen molar-refractivity contribution in [3.8, 4) is 11.5 Å². The largest absolute Gasteiger partial charge is 0.495 e. The van der Waals surface area contributed by atoms with E-state index < -0.39 is 10.0 Å². The SMILES string of the molecule is CNC1CCCN(S(=O)(=O)c2cc3c(cc2OC)NC(=O)CO3)C1. The molecule has 1 atom stereocenters. The van der Waals surface area contributed by atoms with E-state index in [0.29, 0.717) is 24.5 Å². The Balaban J connectivity index is 1.99. The zero-order chi connectivity index (χ0) is 17.3. The molecule has 0 aromatic heterocycles. The van der Waals surface area contributed by atoms with Gasteiger partial charge < -0.3 is 20.1 Å². The number of methoxy groups -OCH3 is 1. The number of likely N-dealkylation sites (N-methyl/N-ethyl adjacent to an activating group) is 1. The van der Waals surface area contributed by atoms with E-state index in [1.54, 1.807) is 0 Å². The van der Waals surface area contributed by atoms with Crippen LogP contribution in [0.4, 0.5) is 5.69 Å². The van der Waals surface area contributed by atoms with Crippen LogP contribution in [-0.2, 0) is 14.8 Å². The molecule has 0 bridgehead atoms. The predicted molar refractivity (Wildman–Crippen MR) is 88.0 cm³/mol. The smallest absolute Gasteiger partial charge is 0.262 e. The van der Waals surface area contributed by atoms with E-state index in [2.05, 4.69) is 10.6 Å². The highest BCUT2D eigenvalue weighted by Gasteiger charge is 2.33. The number of hydrogen-bond donors (Lipinski definition) is 2. The van der Waals surface area contributed by atoms with Gasteiger partial charge in [0.25, 0.3) is 5.91 Å². The normalized spacial score (nSPS) is 21.6. The van der Waals surface area contributed by atoms with Gasteiger partial charge in [-0.05, 0) is 19.9 Å². The number of rotatable bonds is 4. The lowest BCUT2D eigenvalue weighted by Crippen LogP contribution is -2.46. The molecule has 8 nitrogen and oxygen atoms in total. The zero-order valence-electron chi connectivity index (χ0n) is 13.7. The maximum Gasteiger partial charge on any atom is 0.262 e. The van der Waals surface area contributed by atoms with Gasteiger partial charge in [0.2, 0.25) is 10.0 Å². The minimum Gasteiger partial charge on any atom is -0.495 e. The monoisotopic (exact) mass is 355 g/mol. The van der Waals surface area contributed by atoms with Crippen molar-refractivity contribution in [3.63, 3.8) is 0 Å². The zero-order valence-corrected chi connectivity index (χ0v) is 14.5. The lowest BCUT2D eigenvalue weighted by atomic mass is 10.1. The van der Waals surface area contributed by atoms with E-state index in [0.717, 1.165) is 12.8 Å². The topological polar surface area (TPSA) is 97.0 Å². The first-order chi connectivity index (χ1) is 11.5. The molecule has 0 saturated carbocycles. The highest BCUT2D eigenvalue weighted by molar-refractivity contribution is 7.89. The molecule has 1 amide bonds. The van der Waals surface area contributed by atoms with Crippen molar-refractivity contribution < 1.29 is 22.7 Å². The third-order valence-corrected chi connectivity index (χ3v) is 6.20. The van der Waals surface area contributed by atoms with Crippen molar-refractivity contribution >= 4 is 21.6 Å². The third kappa shape index (κ3) is 3.06. The molecular formula is C15H21N3O5S. The fourth-order valence-corrected chi connectivity index (χ4v) is 4.66. The molecule has 2 heterocycles. The van der Waals surface area contributed by atoms with Gasteiger partial charge >= 0.3 is 0 Å². The fourth-order valence-electron chi connectivity index (χ4n) is 2.98. The highest BCUT2D eigenvalue weighted by Crippen LogP contribution is 2.38.